The van der Waals surface area contributed by atoms with Gasteiger partial charge in [-0.3, -0.25) is 0 Å². The maximum Gasteiger partial charge on any atom is 0.0638 e. The van der Waals surface area contributed by atoms with Crippen LogP contribution in [0.4, 0.5) is 5.69 Å². The largest absolute Gasteiger partial charge is 0.374 e. The van der Waals surface area contributed by atoms with Gasteiger partial charge in [-0.05, 0) is 30.0 Å². The molecular weight excluding hydrogens is 222 g/mol. The number of hydrogen-bond acceptors (Lipinski definition) is 3. The van der Waals surface area contributed by atoms with E-state index in [4.69, 9.17) is 5.26 Å². The third-order valence-corrected chi connectivity index (χ3v) is 3.70. The quantitative estimate of drug-likeness (QED) is 0.863. The summed E-state index contributed by atoms with van der Waals surface area (Å²) in [4.78, 5) is 2.30. The summed E-state index contributed by atoms with van der Waals surface area (Å²) in [6, 6.07) is 9.24. The highest BCUT2D eigenvalue weighted by atomic mass is 15.1. The van der Waals surface area contributed by atoms with Gasteiger partial charge in [0.2, 0.25) is 0 Å². The highest BCUT2D eigenvalue weighted by Gasteiger charge is 2.15. The first-order chi connectivity index (χ1) is 8.74. The number of nitrogens with zero attached hydrogens (tertiary/aromatic N) is 2. The first-order valence-electron chi connectivity index (χ1n) is 6.68. The molecule has 1 unspecified atom stereocenters. The Hall–Kier alpha value is -1.53. The first kappa shape index (κ1) is 12.9. The Labute approximate surface area is 109 Å². The molecule has 0 fully saturated rings. The summed E-state index contributed by atoms with van der Waals surface area (Å²) in [6.07, 6.45) is 2.74. The highest BCUT2D eigenvalue weighted by Crippen LogP contribution is 2.27. The molecule has 1 N–H and O–H groups in total. The molecule has 1 aromatic rings. The van der Waals surface area contributed by atoms with Gasteiger partial charge in [0.25, 0.3) is 0 Å². The lowest BCUT2D eigenvalue weighted by atomic mass is 10.1. The fourth-order valence-corrected chi connectivity index (χ4v) is 2.46. The summed E-state index contributed by atoms with van der Waals surface area (Å²) in [6.45, 7) is 4.10. The van der Waals surface area contributed by atoms with E-state index >= 15 is 0 Å². The number of fused-ring (bicyclic) bond motifs is 1. The third kappa shape index (κ3) is 2.83. The lowest BCUT2D eigenvalue weighted by Gasteiger charge is -2.15. The van der Waals surface area contributed by atoms with Crippen molar-refractivity contribution in [2.24, 2.45) is 0 Å². The second kappa shape index (κ2) is 5.88. The van der Waals surface area contributed by atoms with Crippen molar-refractivity contribution in [1.82, 2.24) is 5.32 Å². The zero-order valence-electron chi connectivity index (χ0n) is 11.2. The molecule has 0 radical (unpaired) electrons. The van der Waals surface area contributed by atoms with Gasteiger partial charge < -0.3 is 10.2 Å². The molecule has 96 valence electrons. The van der Waals surface area contributed by atoms with E-state index < -0.39 is 0 Å². The fourth-order valence-electron chi connectivity index (χ4n) is 2.46. The molecule has 18 heavy (non-hydrogen) atoms. The summed E-state index contributed by atoms with van der Waals surface area (Å²) >= 11 is 0. The lowest BCUT2D eigenvalue weighted by Crippen LogP contribution is -2.27. The predicted molar refractivity (Wildman–Crippen MR) is 74.6 cm³/mol. The second-order valence-electron chi connectivity index (χ2n) is 4.98. The molecular formula is C15H21N3. The van der Waals surface area contributed by atoms with E-state index in [-0.39, 0.29) is 0 Å². The maximum atomic E-state index is 8.73. The van der Waals surface area contributed by atoms with E-state index in [2.05, 4.69) is 48.5 Å². The Morgan fingerprint density at radius 2 is 2.33 bits per heavy atom. The minimum absolute atomic E-state index is 0.311. The Balaban J connectivity index is 1.97. The topological polar surface area (TPSA) is 39.1 Å². The van der Waals surface area contributed by atoms with Crippen molar-refractivity contribution in [3.63, 3.8) is 0 Å². The van der Waals surface area contributed by atoms with Crippen LogP contribution < -0.4 is 10.2 Å². The van der Waals surface area contributed by atoms with Crippen molar-refractivity contribution in [2.45, 2.75) is 38.8 Å². The van der Waals surface area contributed by atoms with Gasteiger partial charge in [-0.1, -0.05) is 19.1 Å². The Kier molecular flexibility index (Phi) is 4.22. The maximum absolute atomic E-state index is 8.73. The van der Waals surface area contributed by atoms with Gasteiger partial charge in [-0.2, -0.15) is 5.26 Å². The van der Waals surface area contributed by atoms with Gasteiger partial charge in [-0.15, -0.1) is 0 Å². The van der Waals surface area contributed by atoms with Crippen molar-refractivity contribution in [3.05, 3.63) is 29.3 Å². The van der Waals surface area contributed by atoms with Crippen LogP contribution in [0.15, 0.2) is 18.2 Å². The molecule has 0 aliphatic carbocycles. The number of benzene rings is 1. The van der Waals surface area contributed by atoms with Crippen LogP contribution >= 0.6 is 0 Å². The number of nitrogens with one attached hydrogen (secondary N) is 1. The average Bonchev–Trinajstić information content (AvgIpc) is 2.76. The van der Waals surface area contributed by atoms with E-state index in [1.807, 2.05) is 0 Å². The van der Waals surface area contributed by atoms with Gasteiger partial charge in [0.15, 0.2) is 0 Å². The molecule has 1 heterocycles. The molecule has 2 rings (SSSR count). The fraction of sp³-hybridized carbons (Fsp3) is 0.533. The van der Waals surface area contributed by atoms with E-state index in [0.29, 0.717) is 12.5 Å². The van der Waals surface area contributed by atoms with Crippen LogP contribution in [-0.2, 0) is 13.0 Å². The van der Waals surface area contributed by atoms with Crippen molar-refractivity contribution in [3.8, 4) is 6.07 Å². The van der Waals surface area contributed by atoms with Crippen LogP contribution in [-0.4, -0.2) is 19.6 Å². The zero-order valence-corrected chi connectivity index (χ0v) is 11.2. The molecule has 1 atom stereocenters. The van der Waals surface area contributed by atoms with Crippen LogP contribution in [0.1, 0.15) is 30.9 Å². The van der Waals surface area contributed by atoms with Gasteiger partial charge >= 0.3 is 0 Å². The Morgan fingerprint density at radius 3 is 3.06 bits per heavy atom. The number of hydrogen-bond donors (Lipinski definition) is 1. The van der Waals surface area contributed by atoms with Crippen LogP contribution in [0.2, 0.25) is 0 Å². The molecule has 0 amide bonds. The van der Waals surface area contributed by atoms with Gasteiger partial charge in [0, 0.05) is 31.9 Å². The molecule has 1 aliphatic heterocycles. The summed E-state index contributed by atoms with van der Waals surface area (Å²) in [5, 5.41) is 12.2. The number of likely N-dealkylation sites (N-methyl/N-ethyl adjacent to an activating group) is 1. The molecule has 0 saturated heterocycles. The average molecular weight is 243 g/mol. The minimum Gasteiger partial charge on any atom is -0.374 e. The van der Waals surface area contributed by atoms with E-state index in [9.17, 15) is 0 Å². The second-order valence-corrected chi connectivity index (χ2v) is 4.98. The van der Waals surface area contributed by atoms with E-state index in [0.717, 1.165) is 25.9 Å². The lowest BCUT2D eigenvalue weighted by molar-refractivity contribution is 0.505. The van der Waals surface area contributed by atoms with Crippen LogP contribution in [0, 0.1) is 11.3 Å². The van der Waals surface area contributed by atoms with Crippen LogP contribution in [0.3, 0.4) is 0 Å². The Morgan fingerprint density at radius 1 is 1.50 bits per heavy atom. The van der Waals surface area contributed by atoms with Crippen molar-refractivity contribution < 1.29 is 0 Å². The monoisotopic (exact) mass is 243 g/mol. The SMILES string of the molecule is CCC(CC#N)NCc1ccc2c(c1)CCN2C. The zero-order chi connectivity index (χ0) is 13.0. The number of anilines is 1. The van der Waals surface area contributed by atoms with Crippen LogP contribution in [0.5, 0.6) is 0 Å². The normalized spacial score (nSPS) is 15.3. The first-order valence-corrected chi connectivity index (χ1v) is 6.68. The standard InChI is InChI=1S/C15H21N3/c1-3-14(6-8-16)17-11-12-4-5-15-13(10-12)7-9-18(15)2/h4-5,10,14,17H,3,6-7,9,11H2,1-2H3. The highest BCUT2D eigenvalue weighted by molar-refractivity contribution is 5.58. The van der Waals surface area contributed by atoms with Crippen molar-refractivity contribution in [2.75, 3.05) is 18.5 Å². The number of rotatable bonds is 5. The summed E-state index contributed by atoms with van der Waals surface area (Å²) in [5.74, 6) is 0. The minimum atomic E-state index is 0.311. The van der Waals surface area contributed by atoms with E-state index in [1.165, 1.54) is 16.8 Å². The molecule has 0 spiro atoms. The van der Waals surface area contributed by atoms with Gasteiger partial charge in [0.05, 0.1) is 12.5 Å². The van der Waals surface area contributed by atoms with E-state index in [1.54, 1.807) is 0 Å². The van der Waals surface area contributed by atoms with Crippen molar-refractivity contribution in [1.29, 1.82) is 5.26 Å². The number of nitriles is 1. The predicted octanol–water partition coefficient (Wildman–Crippen LogP) is 2.46. The van der Waals surface area contributed by atoms with Crippen molar-refractivity contribution >= 4 is 5.69 Å². The summed E-state index contributed by atoms with van der Waals surface area (Å²) in [7, 11) is 2.14. The molecule has 3 heteroatoms. The van der Waals surface area contributed by atoms with Crippen LogP contribution in [0.25, 0.3) is 0 Å². The summed E-state index contributed by atoms with van der Waals surface area (Å²) in [5.41, 5.74) is 4.13. The smallest absolute Gasteiger partial charge is 0.0638 e. The van der Waals surface area contributed by atoms with Gasteiger partial charge in [-0.25, -0.2) is 0 Å². The molecule has 1 aliphatic rings. The van der Waals surface area contributed by atoms with Gasteiger partial charge in [0.1, 0.15) is 0 Å². The molecule has 1 aromatic carbocycles. The summed E-state index contributed by atoms with van der Waals surface area (Å²) < 4.78 is 0. The molecule has 0 saturated carbocycles. The third-order valence-electron chi connectivity index (χ3n) is 3.70. The molecule has 3 nitrogen and oxygen atoms in total. The molecule has 0 bridgehead atoms. The molecule has 0 aromatic heterocycles. The Bertz CT molecular complexity index is 448.